The summed E-state index contributed by atoms with van der Waals surface area (Å²) in [4.78, 5) is 10.9. The number of amides is 1. The molecule has 13 heavy (non-hydrogen) atoms. The molecule has 1 unspecified atom stereocenters. The minimum atomic E-state index is -0.393. The maximum absolute atomic E-state index is 10.9. The summed E-state index contributed by atoms with van der Waals surface area (Å²) < 4.78 is 10.3. The quantitative estimate of drug-likeness (QED) is 0.622. The van der Waals surface area contributed by atoms with Gasteiger partial charge < -0.3 is 14.8 Å². The van der Waals surface area contributed by atoms with E-state index in [-0.39, 0.29) is 6.10 Å². The zero-order valence-corrected chi connectivity index (χ0v) is 7.79. The normalized spacial score (nSPS) is 23.0. The fraction of sp³-hybridized carbons (Fsp3) is 0.667. The lowest BCUT2D eigenvalue weighted by Gasteiger charge is -2.15. The number of rotatable bonds is 1. The van der Waals surface area contributed by atoms with Gasteiger partial charge in [0.1, 0.15) is 6.10 Å². The van der Waals surface area contributed by atoms with Crippen molar-refractivity contribution in [2.75, 3.05) is 20.3 Å². The van der Waals surface area contributed by atoms with Gasteiger partial charge in [-0.15, -0.1) is 0 Å². The molecule has 0 aromatic heterocycles. The summed E-state index contributed by atoms with van der Waals surface area (Å²) >= 11 is 0. The van der Waals surface area contributed by atoms with Crippen molar-refractivity contribution >= 4 is 6.09 Å². The molecule has 0 aliphatic carbocycles. The number of hydrogen-bond donors (Lipinski definition) is 1. The molecule has 0 radical (unpaired) electrons. The molecule has 0 saturated heterocycles. The highest BCUT2D eigenvalue weighted by Gasteiger charge is 2.10. The van der Waals surface area contributed by atoms with Gasteiger partial charge in [-0.3, -0.25) is 0 Å². The van der Waals surface area contributed by atoms with Gasteiger partial charge in [-0.05, 0) is 12.5 Å². The SMILES string of the molecule is CNC(=O)OC1C=CCCOCC1. The first-order valence-electron chi connectivity index (χ1n) is 4.45. The number of alkyl carbamates (subject to hydrolysis) is 1. The molecule has 0 fully saturated rings. The molecule has 1 atom stereocenters. The van der Waals surface area contributed by atoms with Crippen molar-refractivity contribution in [2.24, 2.45) is 0 Å². The van der Waals surface area contributed by atoms with Crippen molar-refractivity contribution in [1.29, 1.82) is 0 Å². The number of carbonyl (C=O) groups excluding carboxylic acids is 1. The van der Waals surface area contributed by atoms with Gasteiger partial charge in [-0.1, -0.05) is 6.08 Å². The summed E-state index contributed by atoms with van der Waals surface area (Å²) in [5.41, 5.74) is 0. The molecule has 0 aromatic rings. The van der Waals surface area contributed by atoms with Crippen LogP contribution in [0.15, 0.2) is 12.2 Å². The van der Waals surface area contributed by atoms with Crippen LogP contribution in [0.1, 0.15) is 12.8 Å². The van der Waals surface area contributed by atoms with E-state index < -0.39 is 6.09 Å². The molecule has 0 saturated carbocycles. The van der Waals surface area contributed by atoms with E-state index in [1.165, 1.54) is 0 Å². The Kier molecular flexibility index (Phi) is 4.32. The third-order valence-electron chi connectivity index (χ3n) is 1.79. The van der Waals surface area contributed by atoms with Crippen LogP contribution in [0.3, 0.4) is 0 Å². The molecule has 1 amide bonds. The fourth-order valence-electron chi connectivity index (χ4n) is 1.09. The molecule has 0 spiro atoms. The third kappa shape index (κ3) is 3.94. The Hall–Kier alpha value is -1.03. The average Bonchev–Trinajstić information content (AvgIpc) is 2.09. The van der Waals surface area contributed by atoms with Gasteiger partial charge in [0, 0.05) is 13.5 Å². The molecule has 4 nitrogen and oxygen atoms in total. The van der Waals surface area contributed by atoms with Crippen molar-refractivity contribution in [1.82, 2.24) is 5.32 Å². The third-order valence-corrected chi connectivity index (χ3v) is 1.79. The van der Waals surface area contributed by atoms with Crippen molar-refractivity contribution < 1.29 is 14.3 Å². The van der Waals surface area contributed by atoms with E-state index in [1.54, 1.807) is 7.05 Å². The first-order chi connectivity index (χ1) is 6.33. The summed E-state index contributed by atoms with van der Waals surface area (Å²) in [6.45, 7) is 1.40. The zero-order valence-electron chi connectivity index (χ0n) is 7.79. The number of carbonyl (C=O) groups is 1. The Bertz CT molecular complexity index is 191. The van der Waals surface area contributed by atoms with Crippen molar-refractivity contribution in [3.8, 4) is 0 Å². The van der Waals surface area contributed by atoms with Crippen molar-refractivity contribution in [3.63, 3.8) is 0 Å². The largest absolute Gasteiger partial charge is 0.442 e. The van der Waals surface area contributed by atoms with Gasteiger partial charge in [0.05, 0.1) is 13.2 Å². The molecule has 0 bridgehead atoms. The monoisotopic (exact) mass is 185 g/mol. The highest BCUT2D eigenvalue weighted by atomic mass is 16.6. The summed E-state index contributed by atoms with van der Waals surface area (Å²) in [6, 6.07) is 0. The van der Waals surface area contributed by atoms with E-state index in [0.717, 1.165) is 19.4 Å². The van der Waals surface area contributed by atoms with E-state index in [9.17, 15) is 4.79 Å². The Balaban J connectivity index is 2.37. The lowest BCUT2D eigenvalue weighted by atomic mass is 10.2. The highest BCUT2D eigenvalue weighted by molar-refractivity contribution is 5.67. The second-order valence-electron chi connectivity index (χ2n) is 2.81. The predicted molar refractivity (Wildman–Crippen MR) is 48.5 cm³/mol. The second kappa shape index (κ2) is 5.59. The number of ether oxygens (including phenoxy) is 2. The molecule has 1 aliphatic heterocycles. The van der Waals surface area contributed by atoms with Crippen LogP contribution in [-0.2, 0) is 9.47 Å². The fourth-order valence-corrected chi connectivity index (χ4v) is 1.09. The van der Waals surface area contributed by atoms with Crippen LogP contribution in [0.2, 0.25) is 0 Å². The van der Waals surface area contributed by atoms with E-state index >= 15 is 0 Å². The number of hydrogen-bond acceptors (Lipinski definition) is 3. The molecule has 1 rings (SSSR count). The van der Waals surface area contributed by atoms with Crippen molar-refractivity contribution in [3.05, 3.63) is 12.2 Å². The van der Waals surface area contributed by atoms with E-state index in [2.05, 4.69) is 5.32 Å². The Morgan fingerprint density at radius 2 is 2.46 bits per heavy atom. The first-order valence-corrected chi connectivity index (χ1v) is 4.45. The van der Waals surface area contributed by atoms with Gasteiger partial charge in [0.25, 0.3) is 0 Å². The van der Waals surface area contributed by atoms with Crippen LogP contribution in [-0.4, -0.2) is 32.5 Å². The van der Waals surface area contributed by atoms with Gasteiger partial charge in [0.2, 0.25) is 0 Å². The Morgan fingerprint density at radius 1 is 1.62 bits per heavy atom. The Labute approximate surface area is 77.9 Å². The van der Waals surface area contributed by atoms with E-state index in [0.29, 0.717) is 6.61 Å². The van der Waals surface area contributed by atoms with Crippen LogP contribution in [0.25, 0.3) is 0 Å². The molecule has 1 aliphatic rings. The molecule has 4 heteroatoms. The first kappa shape index (κ1) is 10.1. The molecular weight excluding hydrogens is 170 g/mol. The van der Waals surface area contributed by atoms with Crippen LogP contribution < -0.4 is 5.32 Å². The maximum atomic E-state index is 10.9. The lowest BCUT2D eigenvalue weighted by molar-refractivity contribution is 0.0754. The topological polar surface area (TPSA) is 47.6 Å². The standard InChI is InChI=1S/C9H15NO3/c1-10-9(11)13-8-4-2-3-6-12-7-5-8/h2,4,8H,3,5-7H2,1H3,(H,10,11). The second-order valence-corrected chi connectivity index (χ2v) is 2.81. The molecule has 1 heterocycles. The summed E-state index contributed by atoms with van der Waals surface area (Å²) in [5.74, 6) is 0. The zero-order chi connectivity index (χ0) is 9.52. The summed E-state index contributed by atoms with van der Waals surface area (Å²) in [7, 11) is 1.55. The molecule has 74 valence electrons. The van der Waals surface area contributed by atoms with Gasteiger partial charge in [-0.2, -0.15) is 0 Å². The molecule has 0 aromatic carbocycles. The van der Waals surface area contributed by atoms with Crippen molar-refractivity contribution in [2.45, 2.75) is 18.9 Å². The Morgan fingerprint density at radius 3 is 3.23 bits per heavy atom. The predicted octanol–water partition coefficient (Wildman–Crippen LogP) is 1.08. The van der Waals surface area contributed by atoms with E-state index in [4.69, 9.17) is 9.47 Å². The van der Waals surface area contributed by atoms with E-state index in [1.807, 2.05) is 12.2 Å². The van der Waals surface area contributed by atoms with Gasteiger partial charge in [0.15, 0.2) is 0 Å². The highest BCUT2D eigenvalue weighted by Crippen LogP contribution is 2.05. The van der Waals surface area contributed by atoms with Crippen LogP contribution in [0.5, 0.6) is 0 Å². The molecular formula is C9H15NO3. The van der Waals surface area contributed by atoms with Crippen LogP contribution >= 0.6 is 0 Å². The molecule has 1 N–H and O–H groups in total. The minimum Gasteiger partial charge on any atom is -0.442 e. The summed E-state index contributed by atoms with van der Waals surface area (Å²) in [5, 5.41) is 2.41. The average molecular weight is 185 g/mol. The van der Waals surface area contributed by atoms with Gasteiger partial charge >= 0.3 is 6.09 Å². The smallest absolute Gasteiger partial charge is 0.407 e. The van der Waals surface area contributed by atoms with Gasteiger partial charge in [-0.25, -0.2) is 4.79 Å². The summed E-state index contributed by atoms with van der Waals surface area (Å²) in [6.07, 6.45) is 4.96. The maximum Gasteiger partial charge on any atom is 0.407 e. The van der Waals surface area contributed by atoms with Crippen LogP contribution in [0, 0.1) is 0 Å². The lowest BCUT2D eigenvalue weighted by Crippen LogP contribution is -2.26. The minimum absolute atomic E-state index is 0.153. The number of nitrogens with one attached hydrogen (secondary N) is 1. The van der Waals surface area contributed by atoms with Crippen LogP contribution in [0.4, 0.5) is 4.79 Å².